The SMILES string of the molecule is CC12CCC(OC(=O)C(F)(F)C(F)(F)C(F)(F)F)=CC1=CCC1C2CCC2(C)C(OC(=O)C(F)(F)F)CCC12. The zero-order valence-corrected chi connectivity index (χ0v) is 20.8. The Balaban J connectivity index is 1.52. The summed E-state index contributed by atoms with van der Waals surface area (Å²) in [5.41, 5.74) is -0.700. The van der Waals surface area contributed by atoms with Gasteiger partial charge in [-0.05, 0) is 73.3 Å². The third-order valence-electron chi connectivity index (χ3n) is 9.36. The summed E-state index contributed by atoms with van der Waals surface area (Å²) in [6.07, 6.45) is -7.43. The number of carbonyl (C=O) groups excluding carboxylic acids is 2. The van der Waals surface area contributed by atoms with E-state index < -0.39 is 58.8 Å². The Morgan fingerprint density at radius 3 is 2.10 bits per heavy atom. The number of ether oxygens (including phenoxy) is 2. The molecule has 4 aliphatic carbocycles. The fourth-order valence-electron chi connectivity index (χ4n) is 7.21. The van der Waals surface area contributed by atoms with Gasteiger partial charge in [-0.1, -0.05) is 19.9 Å². The average Bonchev–Trinajstić information content (AvgIpc) is 3.13. The Morgan fingerprint density at radius 2 is 1.51 bits per heavy atom. The highest BCUT2D eigenvalue weighted by molar-refractivity contribution is 5.80. The number of fused-ring (bicyclic) bond motifs is 5. The summed E-state index contributed by atoms with van der Waals surface area (Å²) in [6, 6.07) is 0. The van der Waals surface area contributed by atoms with Crippen molar-refractivity contribution in [3.63, 3.8) is 0 Å². The first kappa shape index (κ1) is 29.7. The molecule has 0 aliphatic heterocycles. The normalized spacial score (nSPS) is 35.2. The molecule has 0 aromatic carbocycles. The van der Waals surface area contributed by atoms with Crippen molar-refractivity contribution in [1.29, 1.82) is 0 Å². The summed E-state index contributed by atoms with van der Waals surface area (Å²) in [7, 11) is 0. The van der Waals surface area contributed by atoms with Crippen LogP contribution in [0.25, 0.3) is 0 Å². The minimum atomic E-state index is -6.67. The topological polar surface area (TPSA) is 52.6 Å². The van der Waals surface area contributed by atoms with E-state index in [2.05, 4.69) is 4.74 Å². The van der Waals surface area contributed by atoms with Crippen molar-refractivity contribution in [3.05, 3.63) is 23.5 Å². The summed E-state index contributed by atoms with van der Waals surface area (Å²) in [5.74, 6) is -18.5. The van der Waals surface area contributed by atoms with Crippen LogP contribution in [0.2, 0.25) is 0 Å². The molecule has 220 valence electrons. The zero-order chi connectivity index (χ0) is 29.4. The Bertz CT molecular complexity index is 1090. The van der Waals surface area contributed by atoms with Crippen molar-refractivity contribution in [3.8, 4) is 0 Å². The largest absolute Gasteiger partial charge is 0.490 e. The van der Waals surface area contributed by atoms with Crippen LogP contribution in [0.5, 0.6) is 0 Å². The average molecular weight is 580 g/mol. The number of rotatable bonds is 4. The lowest BCUT2D eigenvalue weighted by Crippen LogP contribution is -2.56. The number of esters is 2. The van der Waals surface area contributed by atoms with E-state index in [0.29, 0.717) is 31.3 Å². The van der Waals surface area contributed by atoms with Crippen LogP contribution in [0.1, 0.15) is 58.8 Å². The standard InChI is InChI=1S/C25H26F10O4/c1-20-9-7-13(38-18(36)22(26,27)24(31,32)25(33,34)35)11-12(20)3-4-14-15-5-6-17(39-19(37)23(28,29)30)21(15,2)10-8-16(14)20/h3,11,14-17H,4-10H2,1-2H3. The van der Waals surface area contributed by atoms with Crippen LogP contribution in [0.4, 0.5) is 43.9 Å². The highest BCUT2D eigenvalue weighted by Gasteiger charge is 2.77. The second kappa shape index (κ2) is 9.12. The lowest BCUT2D eigenvalue weighted by Gasteiger charge is -2.56. The molecule has 6 unspecified atom stereocenters. The Hall–Kier alpha value is -2.28. The van der Waals surface area contributed by atoms with E-state index in [1.807, 2.05) is 13.8 Å². The van der Waals surface area contributed by atoms with Crippen LogP contribution >= 0.6 is 0 Å². The zero-order valence-electron chi connectivity index (χ0n) is 20.8. The van der Waals surface area contributed by atoms with Gasteiger partial charge in [0.15, 0.2) is 0 Å². The summed E-state index contributed by atoms with van der Waals surface area (Å²) < 4.78 is 139. The minimum absolute atomic E-state index is 0.000556. The van der Waals surface area contributed by atoms with Gasteiger partial charge in [0, 0.05) is 11.8 Å². The first-order chi connectivity index (χ1) is 17.7. The molecule has 4 nitrogen and oxygen atoms in total. The molecular weight excluding hydrogens is 554 g/mol. The van der Waals surface area contributed by atoms with Crippen LogP contribution in [-0.4, -0.2) is 42.2 Å². The summed E-state index contributed by atoms with van der Waals surface area (Å²) in [5, 5.41) is 0. The van der Waals surface area contributed by atoms with Crippen molar-refractivity contribution in [2.45, 2.75) is 89.1 Å². The van der Waals surface area contributed by atoms with Crippen LogP contribution in [0.3, 0.4) is 0 Å². The summed E-state index contributed by atoms with van der Waals surface area (Å²) in [6.45, 7) is 3.70. The number of hydrogen-bond donors (Lipinski definition) is 0. The van der Waals surface area contributed by atoms with Crippen LogP contribution in [0.15, 0.2) is 23.5 Å². The summed E-state index contributed by atoms with van der Waals surface area (Å²) in [4.78, 5) is 23.2. The molecule has 2 fully saturated rings. The van der Waals surface area contributed by atoms with Gasteiger partial charge in [0.1, 0.15) is 11.9 Å². The van der Waals surface area contributed by atoms with E-state index in [1.54, 1.807) is 6.08 Å². The maximum absolute atomic E-state index is 13.7. The van der Waals surface area contributed by atoms with E-state index in [9.17, 15) is 53.5 Å². The van der Waals surface area contributed by atoms with Gasteiger partial charge >= 0.3 is 36.1 Å². The van der Waals surface area contributed by atoms with E-state index in [0.717, 1.165) is 0 Å². The van der Waals surface area contributed by atoms with E-state index in [-0.39, 0.29) is 37.0 Å². The van der Waals surface area contributed by atoms with Crippen molar-refractivity contribution >= 4 is 11.9 Å². The van der Waals surface area contributed by atoms with Crippen molar-refractivity contribution in [2.75, 3.05) is 0 Å². The lowest BCUT2D eigenvalue weighted by molar-refractivity contribution is -0.347. The quantitative estimate of drug-likeness (QED) is 0.259. The number of halogens is 10. The molecule has 0 amide bonds. The van der Waals surface area contributed by atoms with Gasteiger partial charge in [-0.25, -0.2) is 9.59 Å². The molecule has 0 N–H and O–H groups in total. The fourth-order valence-corrected chi connectivity index (χ4v) is 7.21. The monoisotopic (exact) mass is 580 g/mol. The van der Waals surface area contributed by atoms with Gasteiger partial charge < -0.3 is 9.47 Å². The first-order valence-electron chi connectivity index (χ1n) is 12.4. The molecule has 0 aromatic rings. The van der Waals surface area contributed by atoms with Gasteiger partial charge in [0.05, 0.1) is 0 Å². The second-order valence-corrected chi connectivity index (χ2v) is 11.3. The smallest absolute Gasteiger partial charge is 0.455 e. The Kier molecular flexibility index (Phi) is 6.94. The molecule has 6 atom stereocenters. The number of carbonyl (C=O) groups is 2. The highest BCUT2D eigenvalue weighted by Crippen LogP contribution is 2.65. The molecule has 0 radical (unpaired) electrons. The van der Waals surface area contributed by atoms with Gasteiger partial charge in [-0.15, -0.1) is 0 Å². The van der Waals surface area contributed by atoms with E-state index in [4.69, 9.17) is 4.74 Å². The fraction of sp³-hybridized carbons (Fsp3) is 0.760. The predicted molar refractivity (Wildman–Crippen MR) is 113 cm³/mol. The third kappa shape index (κ3) is 4.62. The highest BCUT2D eigenvalue weighted by atomic mass is 19.4. The molecule has 4 aliphatic rings. The van der Waals surface area contributed by atoms with Gasteiger partial charge in [-0.2, -0.15) is 43.9 Å². The molecule has 0 aromatic heterocycles. The number of hydrogen-bond acceptors (Lipinski definition) is 4. The molecule has 0 bridgehead atoms. The number of allylic oxidation sites excluding steroid dienone is 4. The Labute approximate surface area is 216 Å². The van der Waals surface area contributed by atoms with E-state index >= 15 is 0 Å². The molecule has 14 heteroatoms. The van der Waals surface area contributed by atoms with Crippen molar-refractivity contribution in [1.82, 2.24) is 0 Å². The molecule has 0 saturated heterocycles. The van der Waals surface area contributed by atoms with E-state index in [1.165, 1.54) is 6.08 Å². The molecular formula is C25H26F10O4. The number of alkyl halides is 10. The maximum Gasteiger partial charge on any atom is 0.490 e. The predicted octanol–water partition coefficient (Wildman–Crippen LogP) is 7.29. The van der Waals surface area contributed by atoms with Crippen molar-refractivity contribution < 1.29 is 63.0 Å². The first-order valence-corrected chi connectivity index (χ1v) is 12.4. The summed E-state index contributed by atoms with van der Waals surface area (Å²) >= 11 is 0. The minimum Gasteiger partial charge on any atom is -0.455 e. The maximum atomic E-state index is 13.7. The molecule has 39 heavy (non-hydrogen) atoms. The molecule has 4 rings (SSSR count). The van der Waals surface area contributed by atoms with Crippen molar-refractivity contribution in [2.24, 2.45) is 28.6 Å². The molecule has 0 spiro atoms. The van der Waals surface area contributed by atoms with Crippen LogP contribution in [-0.2, 0) is 19.1 Å². The van der Waals surface area contributed by atoms with Gasteiger partial charge in [-0.3, -0.25) is 0 Å². The van der Waals surface area contributed by atoms with Gasteiger partial charge in [0.2, 0.25) is 0 Å². The lowest BCUT2D eigenvalue weighted by atomic mass is 9.48. The van der Waals surface area contributed by atoms with Crippen LogP contribution in [0, 0.1) is 28.6 Å². The van der Waals surface area contributed by atoms with Crippen LogP contribution < -0.4 is 0 Å². The Morgan fingerprint density at radius 1 is 0.872 bits per heavy atom. The molecule has 2 saturated carbocycles. The third-order valence-corrected chi connectivity index (χ3v) is 9.36. The molecule has 0 heterocycles. The van der Waals surface area contributed by atoms with Gasteiger partial charge in [0.25, 0.3) is 0 Å². The second-order valence-electron chi connectivity index (χ2n) is 11.3.